The van der Waals surface area contributed by atoms with Crippen molar-refractivity contribution in [1.82, 2.24) is 0 Å². The van der Waals surface area contributed by atoms with Gasteiger partial charge in [0.05, 0.1) is 81.9 Å². The Kier molecular flexibility index (Phi) is 27.8. The predicted molar refractivity (Wildman–Crippen MR) is 320 cm³/mol. The first-order valence-corrected chi connectivity index (χ1v) is 28.1. The third kappa shape index (κ3) is 23.1. The Hall–Kier alpha value is -6.91. The van der Waals surface area contributed by atoms with E-state index < -0.39 is 60.5 Å². The number of carbonyl (C=O) groups is 2. The number of nitrogens with zero attached hydrogens (tertiary/aromatic N) is 2. The third-order valence-corrected chi connectivity index (χ3v) is 13.8. The average Bonchev–Trinajstić information content (AvgIpc) is 2.13. The Morgan fingerprint density at radius 3 is 1.21 bits per heavy atom. The van der Waals surface area contributed by atoms with E-state index in [1.54, 1.807) is 26.0 Å². The number of carbonyl (C=O) groups excluding carboxylic acids is 2. The minimum atomic E-state index is -0.898. The van der Waals surface area contributed by atoms with Crippen LogP contribution in [0.15, 0.2) is 168 Å². The van der Waals surface area contributed by atoms with Crippen molar-refractivity contribution in [2.45, 2.75) is 130 Å². The number of azo groups is 1. The minimum absolute atomic E-state index is 0.0401. The van der Waals surface area contributed by atoms with Gasteiger partial charge in [-0.3, -0.25) is 0 Å². The largest absolute Gasteiger partial charge is 0.508 e. The number of aliphatic hydroxyl groups excluding tert-OH is 1. The van der Waals surface area contributed by atoms with Crippen LogP contribution in [0.3, 0.4) is 0 Å². The van der Waals surface area contributed by atoms with Gasteiger partial charge < -0.3 is 62.0 Å². The van der Waals surface area contributed by atoms with Crippen LogP contribution in [0.4, 0.5) is 18.4 Å². The Balaban J connectivity index is 0.000000228. The lowest BCUT2D eigenvalue weighted by Crippen LogP contribution is -2.41. The van der Waals surface area contributed by atoms with Crippen LogP contribution in [0.1, 0.15) is 91.5 Å². The fourth-order valence-electron chi connectivity index (χ4n) is 7.65. The van der Waals surface area contributed by atoms with Gasteiger partial charge >= 0.3 is 26.4 Å². The van der Waals surface area contributed by atoms with Crippen LogP contribution in [0.25, 0.3) is 0 Å². The zero-order valence-electron chi connectivity index (χ0n) is 50.2. The van der Waals surface area contributed by atoms with Crippen molar-refractivity contribution in [2.24, 2.45) is 10.2 Å². The monoisotopic (exact) mass is 1180 g/mol. The summed E-state index contributed by atoms with van der Waals surface area (Å²) in [6.07, 6.45) is -2.42. The molecule has 2 aliphatic heterocycles. The predicted octanol–water partition coefficient (Wildman–Crippen LogP) is 11.7. The molecule has 8 rings (SSSR count). The highest BCUT2D eigenvalue weighted by atomic mass is 19.1. The molecule has 2 heterocycles. The number of hydrogen-bond acceptors (Lipinski definition) is 15. The summed E-state index contributed by atoms with van der Waals surface area (Å²) in [5.74, 6) is -0.663. The molecule has 0 bridgehead atoms. The highest BCUT2D eigenvalue weighted by Gasteiger charge is 2.53. The van der Waals surface area contributed by atoms with Crippen LogP contribution >= 0.6 is 0 Å². The Bertz CT molecular complexity index is 2900. The van der Waals surface area contributed by atoms with Crippen LogP contribution < -0.4 is 15.7 Å². The van der Waals surface area contributed by atoms with Crippen molar-refractivity contribution in [3.05, 3.63) is 192 Å². The number of phenolic OH excluding ortho intramolecular Hbond substituents is 1. The molecule has 456 valence electrons. The second-order valence-corrected chi connectivity index (χ2v) is 21.5. The van der Waals surface area contributed by atoms with Gasteiger partial charge in [0.1, 0.15) is 41.9 Å². The quantitative estimate of drug-likeness (QED) is 0.0480. The number of amides is 2. The van der Waals surface area contributed by atoms with E-state index in [9.17, 15) is 23.5 Å². The molecule has 0 spiro atoms. The smallest absolute Gasteiger partial charge is 0.497 e. The summed E-state index contributed by atoms with van der Waals surface area (Å²) in [6, 6.07) is 48.4. The van der Waals surface area contributed by atoms with Gasteiger partial charge in [-0.15, -0.1) is 0 Å². The number of benzene rings is 6. The van der Waals surface area contributed by atoms with E-state index in [0.717, 1.165) is 28.3 Å². The first-order chi connectivity index (χ1) is 40.5. The fourth-order valence-corrected chi connectivity index (χ4v) is 7.65. The van der Waals surface area contributed by atoms with Gasteiger partial charge in [0.25, 0.3) is 0 Å². The number of rotatable bonds is 22. The van der Waals surface area contributed by atoms with Crippen molar-refractivity contribution in [3.63, 3.8) is 0 Å². The highest BCUT2D eigenvalue weighted by Crippen LogP contribution is 2.38. The lowest BCUT2D eigenvalue weighted by molar-refractivity contribution is -0.0536. The van der Waals surface area contributed by atoms with Gasteiger partial charge in [0.2, 0.25) is 0 Å². The fraction of sp³-hybridized carbons (Fsp3) is 0.406. The van der Waals surface area contributed by atoms with Gasteiger partial charge in [-0.05, 0) is 104 Å². The Labute approximate surface area is 499 Å². The van der Waals surface area contributed by atoms with Crippen LogP contribution in [0.2, 0.25) is 0 Å². The Morgan fingerprint density at radius 2 is 0.847 bits per heavy atom. The van der Waals surface area contributed by atoms with E-state index in [4.69, 9.17) is 47.4 Å². The van der Waals surface area contributed by atoms with E-state index in [2.05, 4.69) is 19.7 Å². The zero-order chi connectivity index (χ0) is 61.9. The molecule has 0 aromatic heterocycles. The summed E-state index contributed by atoms with van der Waals surface area (Å²) in [6.45, 7) is 21.9. The van der Waals surface area contributed by atoms with Gasteiger partial charge in [0.15, 0.2) is 0 Å². The first-order valence-electron chi connectivity index (χ1n) is 28.1. The standard InChI is InChI=1S/C29H34BFO5.C17H20O3.C12H16BFO3.C6H10N2O4/c1-28(2)29(3,4)36-30(35-28)26-16-15-24(17-27(26)31)34-21-25(33-19-23-13-9-6-10-14-23)20-32-18-22-11-7-5-8-12-22;18-11-17(20-13-16-9-5-2-6-10-16)14-19-12-15-7-3-1-4-8-15;1-11(2)12(3,4)17-13(16-11)9-6-5-8(15)7-10(9)14;1-3-11-5(9)7-8-6(10)12-4-2/h5-17,25H,18-21H2,1-4H3;1-10,17-18H,11-14H2;5-7,15H,1-4H3;3-4H2,1-2H3/t25-;17-;;/m10../s1. The van der Waals surface area contributed by atoms with E-state index in [1.807, 2.05) is 177 Å². The maximum Gasteiger partial charge on any atom is 0.497 e. The van der Waals surface area contributed by atoms with Crippen molar-refractivity contribution in [2.75, 3.05) is 39.6 Å². The lowest BCUT2D eigenvalue weighted by atomic mass is 9.78. The maximum absolute atomic E-state index is 15.0. The van der Waals surface area contributed by atoms with E-state index in [-0.39, 0.29) is 44.4 Å². The van der Waals surface area contributed by atoms with Gasteiger partial charge in [-0.2, -0.15) is 0 Å². The second kappa shape index (κ2) is 34.3. The molecule has 85 heavy (non-hydrogen) atoms. The summed E-state index contributed by atoms with van der Waals surface area (Å²) in [5, 5.41) is 24.3. The molecule has 6 aromatic rings. The molecule has 0 saturated carbocycles. The normalized spacial score (nSPS) is 15.9. The molecule has 0 unspecified atom stereocenters. The second-order valence-electron chi connectivity index (χ2n) is 21.5. The lowest BCUT2D eigenvalue weighted by Gasteiger charge is -2.32. The summed E-state index contributed by atoms with van der Waals surface area (Å²) in [4.78, 5) is 20.9. The van der Waals surface area contributed by atoms with Crippen LogP contribution in [0.5, 0.6) is 11.5 Å². The highest BCUT2D eigenvalue weighted by molar-refractivity contribution is 6.62. The number of phenols is 1. The maximum atomic E-state index is 15.0. The molecule has 2 amide bonds. The molecular formula is C64H80B2F2N2O15. The molecule has 2 fully saturated rings. The average molecular weight is 1180 g/mol. The molecule has 2 atom stereocenters. The molecular weight excluding hydrogens is 1100 g/mol. The van der Waals surface area contributed by atoms with Crippen molar-refractivity contribution >= 4 is 37.3 Å². The molecule has 6 aromatic carbocycles. The Morgan fingerprint density at radius 1 is 0.494 bits per heavy atom. The first kappa shape index (κ1) is 68.9. The number of ether oxygens (including phenoxy) is 7. The van der Waals surface area contributed by atoms with Crippen LogP contribution in [-0.4, -0.2) is 111 Å². The summed E-state index contributed by atoms with van der Waals surface area (Å²) in [7, 11) is -1.50. The number of aliphatic hydroxyl groups is 1. The summed E-state index contributed by atoms with van der Waals surface area (Å²) < 4.78 is 89.9. The van der Waals surface area contributed by atoms with Gasteiger partial charge in [-0.1, -0.05) is 144 Å². The number of hydrogen-bond donors (Lipinski definition) is 2. The van der Waals surface area contributed by atoms with Crippen molar-refractivity contribution in [3.8, 4) is 11.5 Å². The molecule has 0 aliphatic carbocycles. The van der Waals surface area contributed by atoms with E-state index in [0.29, 0.717) is 56.3 Å². The summed E-state index contributed by atoms with van der Waals surface area (Å²) >= 11 is 0. The SMILES string of the molecule is CC1(C)OB(c2ccc(O)cc2F)OC1(C)C.CC1(C)OB(c2ccc(OC[C@@H](COCc3ccccc3)OCc3ccccc3)cc2F)OC1(C)C.CCOC(=O)N=NC(=O)OCC.OC[C@@H](COCc1ccccc1)OCc1ccccc1. The molecule has 2 saturated heterocycles. The summed E-state index contributed by atoms with van der Waals surface area (Å²) in [5.41, 5.74) is 2.94. The van der Waals surface area contributed by atoms with Crippen molar-refractivity contribution < 1.29 is 80.4 Å². The number of aromatic hydroxyl groups is 1. The van der Waals surface area contributed by atoms with Gasteiger partial charge in [-0.25, -0.2) is 18.4 Å². The van der Waals surface area contributed by atoms with Crippen LogP contribution in [0, 0.1) is 11.6 Å². The van der Waals surface area contributed by atoms with E-state index in [1.165, 1.54) is 18.2 Å². The molecule has 0 radical (unpaired) electrons. The van der Waals surface area contributed by atoms with Gasteiger partial charge in [0, 0.05) is 23.1 Å². The third-order valence-electron chi connectivity index (χ3n) is 13.8. The topological polar surface area (TPSA) is 201 Å². The number of halogens is 2. The molecule has 2 N–H and O–H groups in total. The molecule has 21 heteroatoms. The van der Waals surface area contributed by atoms with E-state index >= 15 is 0 Å². The minimum Gasteiger partial charge on any atom is -0.508 e. The molecule has 17 nitrogen and oxygen atoms in total. The zero-order valence-corrected chi connectivity index (χ0v) is 50.2. The van der Waals surface area contributed by atoms with Crippen molar-refractivity contribution in [1.29, 1.82) is 0 Å². The molecule has 2 aliphatic rings. The van der Waals surface area contributed by atoms with Crippen LogP contribution in [-0.2, 0) is 73.5 Å².